The van der Waals surface area contributed by atoms with Crippen LogP contribution in [0.1, 0.15) is 27.7 Å². The minimum atomic E-state index is -1.89. The van der Waals surface area contributed by atoms with E-state index in [-0.39, 0.29) is 10.6 Å². The number of carbonyl (C=O) groups is 1. The third-order valence-electron chi connectivity index (χ3n) is 2.66. The van der Waals surface area contributed by atoms with Gasteiger partial charge in [-0.3, -0.25) is 4.79 Å². The summed E-state index contributed by atoms with van der Waals surface area (Å²) >= 11 is 0. The summed E-state index contributed by atoms with van der Waals surface area (Å²) in [6.07, 6.45) is 0. The Labute approximate surface area is 76.3 Å². The second-order valence-corrected chi connectivity index (χ2v) is 9.75. The summed E-state index contributed by atoms with van der Waals surface area (Å²) in [4.78, 5) is 11.6. The number of hydrogen-bond donors (Lipinski definition) is 0. The zero-order valence-corrected chi connectivity index (χ0v) is 10.0. The van der Waals surface area contributed by atoms with E-state index in [0.717, 1.165) is 0 Å². The highest BCUT2D eigenvalue weighted by molar-refractivity contribution is 7.05. The van der Waals surface area contributed by atoms with Gasteiger partial charge in [-0.15, -0.1) is 0 Å². The van der Waals surface area contributed by atoms with Crippen molar-refractivity contribution in [3.05, 3.63) is 0 Å². The third kappa shape index (κ3) is 2.34. The quantitative estimate of drug-likeness (QED) is 0.622. The molecule has 0 aromatic carbocycles. The van der Waals surface area contributed by atoms with Crippen LogP contribution in [0.5, 0.6) is 0 Å². The Morgan fingerprint density at radius 1 is 1.33 bits per heavy atom. The molecule has 0 spiro atoms. The van der Waals surface area contributed by atoms with Crippen molar-refractivity contribution in [3.63, 3.8) is 0 Å². The summed E-state index contributed by atoms with van der Waals surface area (Å²) in [5.41, 5.74) is 0.0255. The summed E-state index contributed by atoms with van der Waals surface area (Å²) in [5, 5.41) is 0.0826. The summed E-state index contributed by atoms with van der Waals surface area (Å²) in [7, 11) is -1.89. The second-order valence-electron chi connectivity index (χ2n) is 4.60. The molecule has 0 fully saturated rings. The van der Waals surface area contributed by atoms with Gasteiger partial charge < -0.3 is 4.74 Å². The minimum absolute atomic E-state index is 0.0255. The molecule has 2 nitrogen and oxygen atoms in total. The lowest BCUT2D eigenvalue weighted by atomic mass is 10.2. The third-order valence-corrected chi connectivity index (χ3v) is 7.58. The maximum atomic E-state index is 11.6. The van der Waals surface area contributed by atoms with E-state index in [4.69, 9.17) is 4.74 Å². The smallest absolute Gasteiger partial charge is 0.271 e. The molecule has 0 amide bonds. The fraction of sp³-hybridized carbons (Fsp3) is 0.889. The zero-order chi connectivity index (χ0) is 9.99. The number of hydrogen-bond acceptors (Lipinski definition) is 2. The van der Waals surface area contributed by atoms with Gasteiger partial charge >= 0.3 is 0 Å². The molecular formula is C9H20O2Si. The van der Waals surface area contributed by atoms with Crippen molar-refractivity contribution < 1.29 is 9.53 Å². The molecular weight excluding hydrogens is 168 g/mol. The van der Waals surface area contributed by atoms with Gasteiger partial charge in [0.2, 0.25) is 0 Å². The van der Waals surface area contributed by atoms with Crippen LogP contribution in [0.3, 0.4) is 0 Å². The molecule has 0 aromatic heterocycles. The average Bonchev–Trinajstić information content (AvgIpc) is 1.85. The van der Waals surface area contributed by atoms with Crippen LogP contribution in [-0.2, 0) is 4.74 Å². The molecule has 0 aliphatic heterocycles. The van der Waals surface area contributed by atoms with E-state index in [1.54, 1.807) is 0 Å². The van der Waals surface area contributed by atoms with Crippen molar-refractivity contribution >= 4 is 13.7 Å². The van der Waals surface area contributed by atoms with Gasteiger partial charge in [0.05, 0.1) is 6.61 Å². The summed E-state index contributed by atoms with van der Waals surface area (Å²) in [6, 6.07) is 0. The van der Waals surface area contributed by atoms with Crippen LogP contribution in [0.2, 0.25) is 18.1 Å². The Balaban J connectivity index is 4.50. The largest absolute Gasteiger partial charge is 0.470 e. The first-order valence-electron chi connectivity index (χ1n) is 4.40. The first-order chi connectivity index (χ1) is 5.23. The summed E-state index contributed by atoms with van der Waals surface area (Å²) in [5.74, 6) is 0. The van der Waals surface area contributed by atoms with E-state index >= 15 is 0 Å². The summed E-state index contributed by atoms with van der Waals surface area (Å²) < 4.78 is 5.06. The molecule has 0 aliphatic rings. The van der Waals surface area contributed by atoms with E-state index in [1.165, 1.54) is 0 Å². The number of ether oxygens (including phenoxy) is 1. The summed E-state index contributed by atoms with van der Waals surface area (Å²) in [6.45, 7) is 12.8. The van der Waals surface area contributed by atoms with E-state index in [2.05, 4.69) is 33.9 Å². The van der Waals surface area contributed by atoms with Crippen LogP contribution in [0.15, 0.2) is 0 Å². The van der Waals surface area contributed by atoms with Gasteiger partial charge in [0, 0.05) is 0 Å². The fourth-order valence-corrected chi connectivity index (χ4v) is 1.74. The molecule has 0 N–H and O–H groups in total. The van der Waals surface area contributed by atoms with Gasteiger partial charge in [0.1, 0.15) is 0 Å². The number of carbonyl (C=O) groups excluding carboxylic acids is 1. The van der Waals surface area contributed by atoms with Crippen LogP contribution in [0.4, 0.5) is 4.79 Å². The molecule has 0 radical (unpaired) electrons. The molecule has 72 valence electrons. The monoisotopic (exact) mass is 188 g/mol. The van der Waals surface area contributed by atoms with Crippen molar-refractivity contribution in [3.8, 4) is 0 Å². The molecule has 12 heavy (non-hydrogen) atoms. The topological polar surface area (TPSA) is 26.3 Å². The van der Waals surface area contributed by atoms with Gasteiger partial charge in [0.15, 0.2) is 8.07 Å². The highest BCUT2D eigenvalue weighted by atomic mass is 28.3. The Bertz CT molecular complexity index is 168. The highest BCUT2D eigenvalue weighted by Crippen LogP contribution is 2.36. The Morgan fingerprint density at radius 3 is 2.00 bits per heavy atom. The predicted octanol–water partition coefficient (Wildman–Crippen LogP) is 3.23. The van der Waals surface area contributed by atoms with E-state index in [0.29, 0.717) is 6.61 Å². The van der Waals surface area contributed by atoms with Crippen LogP contribution in [-0.4, -0.2) is 20.3 Å². The van der Waals surface area contributed by atoms with Gasteiger partial charge in [-0.25, -0.2) is 0 Å². The Hall–Kier alpha value is -0.313. The molecule has 0 bridgehead atoms. The van der Waals surface area contributed by atoms with E-state index in [9.17, 15) is 4.79 Å². The molecule has 0 unspecified atom stereocenters. The minimum Gasteiger partial charge on any atom is -0.470 e. The van der Waals surface area contributed by atoms with Gasteiger partial charge in [-0.2, -0.15) is 0 Å². The normalized spacial score (nSPS) is 12.8. The average molecular weight is 188 g/mol. The zero-order valence-electron chi connectivity index (χ0n) is 9.02. The van der Waals surface area contributed by atoms with Crippen molar-refractivity contribution in [1.29, 1.82) is 0 Å². The Morgan fingerprint density at radius 2 is 1.75 bits per heavy atom. The molecule has 0 heterocycles. The second kappa shape index (κ2) is 3.60. The van der Waals surface area contributed by atoms with Crippen molar-refractivity contribution in [2.45, 2.75) is 45.8 Å². The van der Waals surface area contributed by atoms with Gasteiger partial charge in [-0.1, -0.05) is 33.9 Å². The highest BCUT2D eigenvalue weighted by Gasteiger charge is 2.43. The first kappa shape index (κ1) is 11.7. The predicted molar refractivity (Wildman–Crippen MR) is 54.2 cm³/mol. The first-order valence-corrected chi connectivity index (χ1v) is 7.40. The van der Waals surface area contributed by atoms with E-state index < -0.39 is 8.07 Å². The fourth-order valence-electron chi connectivity index (χ4n) is 0.618. The lowest BCUT2D eigenvalue weighted by Gasteiger charge is -2.33. The van der Waals surface area contributed by atoms with E-state index in [1.807, 2.05) is 6.92 Å². The van der Waals surface area contributed by atoms with Gasteiger partial charge in [0.25, 0.3) is 5.59 Å². The van der Waals surface area contributed by atoms with Crippen molar-refractivity contribution in [2.75, 3.05) is 6.61 Å². The molecule has 0 atom stereocenters. The van der Waals surface area contributed by atoms with Crippen molar-refractivity contribution in [1.82, 2.24) is 0 Å². The molecule has 0 rings (SSSR count). The van der Waals surface area contributed by atoms with Crippen LogP contribution in [0, 0.1) is 0 Å². The SMILES string of the molecule is CCOC(=O)[Si](C)(C)C(C)(C)C. The van der Waals surface area contributed by atoms with Crippen LogP contribution >= 0.6 is 0 Å². The number of rotatable bonds is 2. The van der Waals surface area contributed by atoms with Crippen LogP contribution < -0.4 is 0 Å². The molecule has 0 saturated heterocycles. The lowest BCUT2D eigenvalue weighted by molar-refractivity contribution is 0.176. The molecule has 0 aliphatic carbocycles. The standard InChI is InChI=1S/C9H20O2Si/c1-7-11-8(10)12(5,6)9(2,3)4/h7H2,1-6H3. The maximum Gasteiger partial charge on any atom is 0.271 e. The van der Waals surface area contributed by atoms with Crippen molar-refractivity contribution in [2.24, 2.45) is 0 Å². The molecule has 0 saturated carbocycles. The van der Waals surface area contributed by atoms with Gasteiger partial charge in [-0.05, 0) is 12.0 Å². The molecule has 0 aromatic rings. The lowest BCUT2D eigenvalue weighted by Crippen LogP contribution is -2.46. The maximum absolute atomic E-state index is 11.6. The molecule has 3 heteroatoms. The Kier molecular flexibility index (Phi) is 3.51. The van der Waals surface area contributed by atoms with Crippen LogP contribution in [0.25, 0.3) is 0 Å².